The van der Waals surface area contributed by atoms with Crippen LogP contribution in [-0.4, -0.2) is 23.8 Å². The third-order valence-corrected chi connectivity index (χ3v) is 2.84. The number of hydrogen-bond donors (Lipinski definition) is 1. The maximum atomic E-state index is 11.8. The van der Waals surface area contributed by atoms with Gasteiger partial charge in [0.25, 0.3) is 0 Å². The lowest BCUT2D eigenvalue weighted by Crippen LogP contribution is -2.28. The lowest BCUT2D eigenvalue weighted by atomic mass is 10.1. The summed E-state index contributed by atoms with van der Waals surface area (Å²) in [4.78, 5) is 0. The summed E-state index contributed by atoms with van der Waals surface area (Å²) in [5.41, 5.74) is -4.09. The zero-order valence-electron chi connectivity index (χ0n) is 9.36. The molecule has 1 nitrogen and oxygen atoms in total. The number of unbranched alkanes of at least 4 members (excludes halogenated alkanes) is 2. The molecule has 0 spiro atoms. The van der Waals surface area contributed by atoms with Crippen molar-refractivity contribution in [3.8, 4) is 0 Å². The molecule has 0 aromatic carbocycles. The highest BCUT2D eigenvalue weighted by molar-refractivity contribution is 8.00. The van der Waals surface area contributed by atoms with Gasteiger partial charge in [0.2, 0.25) is 0 Å². The van der Waals surface area contributed by atoms with E-state index in [2.05, 4.69) is 12.2 Å². The number of hydrogen-bond acceptors (Lipinski definition) is 2. The fourth-order valence-corrected chi connectivity index (χ4v) is 1.73. The third-order valence-electron chi connectivity index (χ3n) is 2.10. The van der Waals surface area contributed by atoms with E-state index in [1.807, 2.05) is 6.92 Å². The largest absolute Gasteiger partial charge is 0.441 e. The van der Waals surface area contributed by atoms with Crippen LogP contribution in [0.15, 0.2) is 0 Å². The number of nitrogens with one attached hydrogen (secondary N) is 1. The summed E-state index contributed by atoms with van der Waals surface area (Å²) in [5.74, 6) is 0.0988. The van der Waals surface area contributed by atoms with Gasteiger partial charge in [-0.15, -0.1) is 0 Å². The molecule has 0 aromatic heterocycles. The van der Waals surface area contributed by atoms with Crippen molar-refractivity contribution in [2.24, 2.45) is 0 Å². The summed E-state index contributed by atoms with van der Waals surface area (Å²) < 4.78 is 35.3. The average molecular weight is 243 g/mol. The van der Waals surface area contributed by atoms with Crippen LogP contribution in [0.3, 0.4) is 0 Å². The van der Waals surface area contributed by atoms with E-state index in [1.165, 1.54) is 12.8 Å². The van der Waals surface area contributed by atoms with Gasteiger partial charge in [-0.1, -0.05) is 26.2 Å². The zero-order chi connectivity index (χ0) is 11.7. The van der Waals surface area contributed by atoms with E-state index in [-0.39, 0.29) is 17.5 Å². The van der Waals surface area contributed by atoms with Crippen LogP contribution in [0, 0.1) is 0 Å². The molecule has 1 N–H and O–H groups in total. The minimum atomic E-state index is -4.09. The molecule has 1 unspecified atom stereocenters. The van der Waals surface area contributed by atoms with Crippen LogP contribution < -0.4 is 5.32 Å². The normalized spacial score (nSPS) is 14.2. The average Bonchev–Trinajstić information content (AvgIpc) is 2.11. The van der Waals surface area contributed by atoms with Crippen LogP contribution >= 0.6 is 11.8 Å². The summed E-state index contributed by atoms with van der Waals surface area (Å²) >= 11 is 0.0414. The molecule has 0 amide bonds. The van der Waals surface area contributed by atoms with Crippen molar-refractivity contribution in [2.45, 2.75) is 51.1 Å². The molecule has 0 bridgehead atoms. The molecule has 0 radical (unpaired) electrons. The van der Waals surface area contributed by atoms with Gasteiger partial charge in [-0.2, -0.15) is 13.2 Å². The lowest BCUT2D eigenvalue weighted by molar-refractivity contribution is -0.0327. The Balaban J connectivity index is 3.27. The van der Waals surface area contributed by atoms with Crippen molar-refractivity contribution >= 4 is 11.8 Å². The van der Waals surface area contributed by atoms with Crippen LogP contribution in [0.5, 0.6) is 0 Å². The van der Waals surface area contributed by atoms with Gasteiger partial charge in [-0.3, -0.25) is 0 Å². The molecule has 0 aliphatic carbocycles. The highest BCUT2D eigenvalue weighted by Gasteiger charge is 2.27. The van der Waals surface area contributed by atoms with E-state index in [9.17, 15) is 13.2 Å². The molecule has 1 atom stereocenters. The maximum absolute atomic E-state index is 11.8. The summed E-state index contributed by atoms with van der Waals surface area (Å²) in [6.07, 6.45) is 4.57. The van der Waals surface area contributed by atoms with Crippen LogP contribution in [-0.2, 0) is 0 Å². The van der Waals surface area contributed by atoms with E-state index in [0.29, 0.717) is 12.6 Å². The van der Waals surface area contributed by atoms with Gasteiger partial charge < -0.3 is 5.32 Å². The molecule has 0 saturated heterocycles. The number of alkyl halides is 3. The van der Waals surface area contributed by atoms with Gasteiger partial charge in [0.05, 0.1) is 0 Å². The Morgan fingerprint density at radius 2 is 1.93 bits per heavy atom. The van der Waals surface area contributed by atoms with Gasteiger partial charge >= 0.3 is 5.51 Å². The molecule has 0 saturated carbocycles. The molecule has 0 aliphatic rings. The fourth-order valence-electron chi connectivity index (χ4n) is 1.27. The van der Waals surface area contributed by atoms with Crippen LogP contribution in [0.25, 0.3) is 0 Å². The lowest BCUT2D eigenvalue weighted by Gasteiger charge is -2.13. The van der Waals surface area contributed by atoms with E-state index in [0.717, 1.165) is 12.8 Å². The second kappa shape index (κ2) is 8.28. The first-order valence-corrected chi connectivity index (χ1v) is 6.38. The fraction of sp³-hybridized carbons (Fsp3) is 1.00. The van der Waals surface area contributed by atoms with Crippen molar-refractivity contribution in [1.82, 2.24) is 5.32 Å². The topological polar surface area (TPSA) is 12.0 Å². The van der Waals surface area contributed by atoms with Crippen molar-refractivity contribution in [2.75, 3.05) is 12.3 Å². The smallest absolute Gasteiger partial charge is 0.313 e. The Labute approximate surface area is 94.2 Å². The molecule has 0 fully saturated rings. The minimum absolute atomic E-state index is 0.0414. The summed E-state index contributed by atoms with van der Waals surface area (Å²) in [6, 6.07) is 0.324. The number of thioether (sulfide) groups is 1. The third kappa shape index (κ3) is 12.0. The molecule has 0 heterocycles. The van der Waals surface area contributed by atoms with Gasteiger partial charge in [-0.05, 0) is 25.1 Å². The molecule has 0 aliphatic heterocycles. The van der Waals surface area contributed by atoms with E-state index >= 15 is 0 Å². The Bertz CT molecular complexity index is 150. The summed E-state index contributed by atoms with van der Waals surface area (Å²) in [7, 11) is 0. The van der Waals surface area contributed by atoms with Gasteiger partial charge in [0.1, 0.15) is 0 Å². The predicted octanol–water partition coefficient (Wildman–Crippen LogP) is 3.80. The summed E-state index contributed by atoms with van der Waals surface area (Å²) in [5, 5.41) is 3.09. The second-order valence-corrected chi connectivity index (χ2v) is 4.80. The Hall–Kier alpha value is 0.100. The van der Waals surface area contributed by atoms with Crippen molar-refractivity contribution in [1.29, 1.82) is 0 Å². The molecular formula is C10H20F3NS. The maximum Gasteiger partial charge on any atom is 0.441 e. The first-order chi connectivity index (χ1) is 6.95. The molecule has 15 heavy (non-hydrogen) atoms. The minimum Gasteiger partial charge on any atom is -0.313 e. The molecule has 0 aromatic rings. The first-order valence-electron chi connectivity index (χ1n) is 5.39. The number of rotatable bonds is 8. The number of halogens is 3. The highest BCUT2D eigenvalue weighted by Crippen LogP contribution is 2.29. The molecular weight excluding hydrogens is 223 g/mol. The predicted molar refractivity (Wildman–Crippen MR) is 60.1 cm³/mol. The van der Waals surface area contributed by atoms with Gasteiger partial charge in [0, 0.05) is 18.3 Å². The SMILES string of the molecule is CCCCCC(C)NCCSC(F)(F)F. The van der Waals surface area contributed by atoms with Gasteiger partial charge in [-0.25, -0.2) is 0 Å². The first kappa shape index (κ1) is 15.1. The van der Waals surface area contributed by atoms with Crippen molar-refractivity contribution in [3.05, 3.63) is 0 Å². The van der Waals surface area contributed by atoms with E-state index in [4.69, 9.17) is 0 Å². The van der Waals surface area contributed by atoms with Crippen molar-refractivity contribution in [3.63, 3.8) is 0 Å². The quantitative estimate of drug-likeness (QED) is 0.651. The monoisotopic (exact) mass is 243 g/mol. The summed E-state index contributed by atoms with van der Waals surface area (Å²) in [6.45, 7) is 4.59. The second-order valence-electron chi connectivity index (χ2n) is 3.65. The molecule has 92 valence electrons. The zero-order valence-corrected chi connectivity index (χ0v) is 10.2. The van der Waals surface area contributed by atoms with Crippen LogP contribution in [0.2, 0.25) is 0 Å². The Morgan fingerprint density at radius 3 is 2.47 bits per heavy atom. The molecule has 5 heteroatoms. The van der Waals surface area contributed by atoms with E-state index in [1.54, 1.807) is 0 Å². The van der Waals surface area contributed by atoms with Crippen molar-refractivity contribution < 1.29 is 13.2 Å². The Kier molecular flexibility index (Phi) is 8.33. The highest BCUT2D eigenvalue weighted by atomic mass is 32.2. The van der Waals surface area contributed by atoms with Gasteiger partial charge in [0.15, 0.2) is 0 Å². The van der Waals surface area contributed by atoms with E-state index < -0.39 is 5.51 Å². The standard InChI is InChI=1S/C10H20F3NS/c1-3-4-5-6-9(2)14-7-8-15-10(11,12)13/h9,14H,3-8H2,1-2H3. The van der Waals surface area contributed by atoms with Crippen LogP contribution in [0.4, 0.5) is 13.2 Å². The van der Waals surface area contributed by atoms with Crippen LogP contribution in [0.1, 0.15) is 39.5 Å². The molecule has 0 rings (SSSR count). The Morgan fingerprint density at radius 1 is 1.27 bits per heavy atom.